The number of carbonyl (C=O) groups is 1. The molecule has 0 amide bonds. The molecule has 1 aliphatic carbocycles. The van der Waals surface area contributed by atoms with Gasteiger partial charge in [0.2, 0.25) is 0 Å². The lowest BCUT2D eigenvalue weighted by molar-refractivity contribution is -0.109. The summed E-state index contributed by atoms with van der Waals surface area (Å²) in [5, 5.41) is 5.35. The van der Waals surface area contributed by atoms with Gasteiger partial charge in [-0.1, -0.05) is 36.4 Å². The molecule has 2 aliphatic rings. The largest absolute Gasteiger partial charge is 0.494 e. The molecule has 1 saturated heterocycles. The number of ether oxygens (including phenoxy) is 1. The summed E-state index contributed by atoms with van der Waals surface area (Å²) < 4.78 is 17.6. The van der Waals surface area contributed by atoms with Crippen molar-refractivity contribution in [2.45, 2.75) is 64.2 Å². The molecule has 0 radical (unpaired) electrons. The molecule has 2 aromatic carbocycles. The van der Waals surface area contributed by atoms with E-state index in [9.17, 15) is 4.79 Å². The second-order valence-electron chi connectivity index (χ2n) is 9.09. The molecule has 5 nitrogen and oxygen atoms in total. The van der Waals surface area contributed by atoms with E-state index in [2.05, 4.69) is 17.5 Å². The average Bonchev–Trinajstić information content (AvgIpc) is 2.99. The maximum absolute atomic E-state index is 10.4. The van der Waals surface area contributed by atoms with Crippen molar-refractivity contribution in [1.82, 2.24) is 5.32 Å². The number of likely N-dealkylation sites (N-methyl/N-ethyl adjacent to an activating group) is 1. The minimum Gasteiger partial charge on any atom is -0.486 e. The molecule has 6 heteroatoms. The second-order valence-corrected chi connectivity index (χ2v) is 9.09. The van der Waals surface area contributed by atoms with Crippen LogP contribution in [0.3, 0.4) is 0 Å². The van der Waals surface area contributed by atoms with Crippen LogP contribution in [-0.2, 0) is 14.1 Å². The zero-order valence-corrected chi connectivity index (χ0v) is 19.3. The number of benzene rings is 2. The standard InChI is InChI=1S/C18H21BO4.C7H13N/c1-17(2)18(3,4)23-19(22-17)15-7-5-13-6-8-16(21-10-9-20)12-14(13)11-15;1-8-7-5-3-2-4-6-7/h5-9,11-12H,10H2,1-4H3;3,5,7-8H,2,4,6H2,1H3. The molecule has 0 spiro atoms. The van der Waals surface area contributed by atoms with E-state index >= 15 is 0 Å². The monoisotopic (exact) mass is 423 g/mol. The molecule has 4 rings (SSSR count). The zero-order chi connectivity index (χ0) is 22.5. The predicted octanol–water partition coefficient (Wildman–Crippen LogP) is 4.03. The minimum atomic E-state index is -0.385. The van der Waals surface area contributed by atoms with E-state index in [1.54, 1.807) is 0 Å². The molecular weight excluding hydrogens is 389 g/mol. The lowest BCUT2D eigenvalue weighted by Crippen LogP contribution is -2.41. The summed E-state index contributed by atoms with van der Waals surface area (Å²) in [6.07, 6.45) is 9.19. The summed E-state index contributed by atoms with van der Waals surface area (Å²) in [6, 6.07) is 12.5. The van der Waals surface area contributed by atoms with Gasteiger partial charge in [-0.25, -0.2) is 0 Å². The fraction of sp³-hybridized carbons (Fsp3) is 0.480. The van der Waals surface area contributed by atoms with Crippen LogP contribution in [0.15, 0.2) is 48.6 Å². The van der Waals surface area contributed by atoms with Crippen molar-refractivity contribution in [2.24, 2.45) is 0 Å². The lowest BCUT2D eigenvalue weighted by atomic mass is 9.78. The molecule has 1 aliphatic heterocycles. The van der Waals surface area contributed by atoms with E-state index in [0.717, 1.165) is 22.5 Å². The van der Waals surface area contributed by atoms with Crippen molar-refractivity contribution >= 4 is 29.6 Å². The number of allylic oxidation sites excluding steroid dienone is 1. The van der Waals surface area contributed by atoms with E-state index in [4.69, 9.17) is 14.0 Å². The van der Waals surface area contributed by atoms with Crippen molar-refractivity contribution < 1.29 is 18.8 Å². The van der Waals surface area contributed by atoms with Gasteiger partial charge >= 0.3 is 7.12 Å². The number of aldehydes is 1. The zero-order valence-electron chi connectivity index (χ0n) is 19.3. The molecule has 0 saturated carbocycles. The summed E-state index contributed by atoms with van der Waals surface area (Å²) >= 11 is 0. The highest BCUT2D eigenvalue weighted by atomic mass is 16.7. The predicted molar refractivity (Wildman–Crippen MR) is 127 cm³/mol. The van der Waals surface area contributed by atoms with E-state index in [-0.39, 0.29) is 24.9 Å². The van der Waals surface area contributed by atoms with E-state index in [0.29, 0.717) is 11.8 Å². The maximum Gasteiger partial charge on any atom is 0.494 e. The van der Waals surface area contributed by atoms with E-state index in [1.165, 1.54) is 19.3 Å². The van der Waals surface area contributed by atoms with Crippen molar-refractivity contribution in [2.75, 3.05) is 13.7 Å². The fourth-order valence-corrected chi connectivity index (χ4v) is 3.64. The fourth-order valence-electron chi connectivity index (χ4n) is 3.64. The molecule has 31 heavy (non-hydrogen) atoms. The topological polar surface area (TPSA) is 56.8 Å². The van der Waals surface area contributed by atoms with Gasteiger partial charge in [-0.3, -0.25) is 4.79 Å². The Morgan fingerprint density at radius 2 is 1.81 bits per heavy atom. The van der Waals surface area contributed by atoms with Crippen molar-refractivity contribution in [3.8, 4) is 5.75 Å². The maximum atomic E-state index is 10.4. The van der Waals surface area contributed by atoms with Crippen LogP contribution in [0.2, 0.25) is 0 Å². The van der Waals surface area contributed by atoms with Gasteiger partial charge in [-0.05, 0) is 82.4 Å². The Labute approximate surface area is 186 Å². The van der Waals surface area contributed by atoms with E-state index < -0.39 is 0 Å². The molecule has 1 fully saturated rings. The third-order valence-corrected chi connectivity index (χ3v) is 6.30. The number of rotatable bonds is 5. The van der Waals surface area contributed by atoms with Gasteiger partial charge in [0, 0.05) is 6.04 Å². The molecule has 166 valence electrons. The van der Waals surface area contributed by atoms with Gasteiger partial charge in [0.15, 0.2) is 6.29 Å². The Balaban J connectivity index is 0.000000287. The molecule has 1 N–H and O–H groups in total. The van der Waals surface area contributed by atoms with Crippen molar-refractivity contribution in [1.29, 1.82) is 0 Å². The summed E-state index contributed by atoms with van der Waals surface area (Å²) in [7, 11) is 1.63. The number of nitrogens with one attached hydrogen (secondary N) is 1. The van der Waals surface area contributed by atoms with Gasteiger partial charge in [0.05, 0.1) is 11.2 Å². The number of hydrogen-bond acceptors (Lipinski definition) is 5. The molecule has 0 bridgehead atoms. The average molecular weight is 423 g/mol. The van der Waals surface area contributed by atoms with Crippen molar-refractivity contribution in [3.63, 3.8) is 0 Å². The Kier molecular flexibility index (Phi) is 7.57. The van der Waals surface area contributed by atoms with Gasteiger partial charge in [-0.15, -0.1) is 0 Å². The third-order valence-electron chi connectivity index (χ3n) is 6.30. The van der Waals surface area contributed by atoms with Gasteiger partial charge in [0.1, 0.15) is 12.4 Å². The first kappa shape index (κ1) is 23.5. The summed E-state index contributed by atoms with van der Waals surface area (Å²) in [6.45, 7) is 8.22. The van der Waals surface area contributed by atoms with Gasteiger partial charge in [-0.2, -0.15) is 0 Å². The quantitative estimate of drug-likeness (QED) is 0.447. The number of carbonyl (C=O) groups excluding carboxylic acids is 1. The second kappa shape index (κ2) is 9.98. The van der Waals surface area contributed by atoms with Crippen LogP contribution in [0.5, 0.6) is 5.75 Å². The number of fused-ring (bicyclic) bond motifs is 1. The SMILES string of the molecule is CC1(C)OB(c2ccc3ccc(OCC=O)cc3c2)OC1(C)C.CNC1C=CCCC1. The highest BCUT2D eigenvalue weighted by Gasteiger charge is 2.51. The molecule has 1 heterocycles. The first-order chi connectivity index (χ1) is 14.8. The molecule has 0 aromatic heterocycles. The van der Waals surface area contributed by atoms with Crippen LogP contribution in [0.1, 0.15) is 47.0 Å². The first-order valence-electron chi connectivity index (χ1n) is 11.1. The summed E-state index contributed by atoms with van der Waals surface area (Å²) in [5.41, 5.74) is 0.256. The normalized spacial score (nSPS) is 21.5. The summed E-state index contributed by atoms with van der Waals surface area (Å²) in [5.74, 6) is 0.677. The third kappa shape index (κ3) is 5.76. The highest BCUT2D eigenvalue weighted by Crippen LogP contribution is 2.36. The molecular formula is C25H34BNO4. The lowest BCUT2D eigenvalue weighted by Gasteiger charge is -2.32. The first-order valence-corrected chi connectivity index (χ1v) is 11.1. The Morgan fingerprint density at radius 1 is 1.10 bits per heavy atom. The molecule has 1 atom stereocenters. The van der Waals surface area contributed by atoms with E-state index in [1.807, 2.05) is 71.1 Å². The van der Waals surface area contributed by atoms with Crippen LogP contribution in [0, 0.1) is 0 Å². The minimum absolute atomic E-state index is 0.0580. The van der Waals surface area contributed by atoms with Crippen LogP contribution in [-0.4, -0.2) is 44.3 Å². The Morgan fingerprint density at radius 3 is 2.39 bits per heavy atom. The van der Waals surface area contributed by atoms with Crippen LogP contribution < -0.4 is 15.5 Å². The highest BCUT2D eigenvalue weighted by molar-refractivity contribution is 6.62. The summed E-state index contributed by atoms with van der Waals surface area (Å²) in [4.78, 5) is 10.4. The van der Waals surface area contributed by atoms with Crippen LogP contribution in [0.25, 0.3) is 10.8 Å². The molecule has 2 aromatic rings. The molecule has 1 unspecified atom stereocenters. The van der Waals surface area contributed by atoms with Crippen LogP contribution >= 0.6 is 0 Å². The van der Waals surface area contributed by atoms with Gasteiger partial charge in [0.25, 0.3) is 0 Å². The smallest absolute Gasteiger partial charge is 0.486 e. The van der Waals surface area contributed by atoms with Gasteiger partial charge < -0.3 is 19.4 Å². The van der Waals surface area contributed by atoms with Crippen LogP contribution in [0.4, 0.5) is 0 Å². The number of hydrogen-bond donors (Lipinski definition) is 1. The Bertz CT molecular complexity index is 909. The van der Waals surface area contributed by atoms with Crippen molar-refractivity contribution in [3.05, 3.63) is 48.6 Å². The Hall–Kier alpha value is -2.15.